The van der Waals surface area contributed by atoms with Crippen molar-refractivity contribution < 1.29 is 0 Å². The first kappa shape index (κ1) is 13.4. The van der Waals surface area contributed by atoms with Crippen LogP contribution in [0, 0.1) is 34.5 Å². The zero-order valence-electron chi connectivity index (χ0n) is 13.5. The van der Waals surface area contributed by atoms with E-state index < -0.39 is 0 Å². The van der Waals surface area contributed by atoms with Crippen LogP contribution in [0.15, 0.2) is 12.2 Å². The number of fused-ring (bicyclic) bond motifs is 5. The molecule has 0 spiro atoms. The molecular formula is C20H32. The summed E-state index contributed by atoms with van der Waals surface area (Å²) >= 11 is 0. The summed E-state index contributed by atoms with van der Waals surface area (Å²) in [6.07, 6.45) is 20.2. The van der Waals surface area contributed by atoms with E-state index in [2.05, 4.69) is 26.0 Å². The van der Waals surface area contributed by atoms with Gasteiger partial charge in [-0.15, -0.1) is 0 Å². The molecule has 1 unspecified atom stereocenters. The van der Waals surface area contributed by atoms with Gasteiger partial charge in [0.2, 0.25) is 0 Å². The van der Waals surface area contributed by atoms with Gasteiger partial charge in [0, 0.05) is 0 Å². The van der Waals surface area contributed by atoms with Crippen LogP contribution in [0.3, 0.4) is 0 Å². The Bertz CT molecular complexity index is 408. The molecule has 4 aliphatic carbocycles. The average Bonchev–Trinajstić information content (AvgIpc) is 2.88. The lowest BCUT2D eigenvalue weighted by atomic mass is 9.45. The SMILES string of the molecule is CC[C@]12C=CCCC1CC[C@H]1[C@@H]3CCC[C@@]3(C)CC[C@@H]12. The number of hydrogen-bond acceptors (Lipinski definition) is 0. The summed E-state index contributed by atoms with van der Waals surface area (Å²) in [6.45, 7) is 5.11. The lowest BCUT2D eigenvalue weighted by Crippen LogP contribution is -2.51. The summed E-state index contributed by atoms with van der Waals surface area (Å²) in [6, 6.07) is 0. The van der Waals surface area contributed by atoms with E-state index >= 15 is 0 Å². The Balaban J connectivity index is 1.70. The summed E-state index contributed by atoms with van der Waals surface area (Å²) in [4.78, 5) is 0. The molecule has 3 fully saturated rings. The van der Waals surface area contributed by atoms with Crippen LogP contribution < -0.4 is 0 Å². The summed E-state index contributed by atoms with van der Waals surface area (Å²) in [7, 11) is 0. The van der Waals surface area contributed by atoms with Crippen LogP contribution in [0.5, 0.6) is 0 Å². The molecule has 0 heterocycles. The van der Waals surface area contributed by atoms with Crippen LogP contribution in [-0.2, 0) is 0 Å². The van der Waals surface area contributed by atoms with Gasteiger partial charge in [0.25, 0.3) is 0 Å². The quantitative estimate of drug-likeness (QED) is 0.515. The molecule has 4 rings (SSSR count). The van der Waals surface area contributed by atoms with Gasteiger partial charge in [-0.2, -0.15) is 0 Å². The zero-order chi connectivity index (χ0) is 13.8. The molecular weight excluding hydrogens is 240 g/mol. The molecule has 112 valence electrons. The Morgan fingerprint density at radius 2 is 1.90 bits per heavy atom. The van der Waals surface area contributed by atoms with Crippen LogP contribution in [-0.4, -0.2) is 0 Å². The predicted molar refractivity (Wildman–Crippen MR) is 85.5 cm³/mol. The number of hydrogen-bond donors (Lipinski definition) is 0. The predicted octanol–water partition coefficient (Wildman–Crippen LogP) is 5.98. The minimum absolute atomic E-state index is 0.602. The summed E-state index contributed by atoms with van der Waals surface area (Å²) in [5.74, 6) is 4.18. The largest absolute Gasteiger partial charge is 0.0879 e. The highest BCUT2D eigenvalue weighted by molar-refractivity contribution is 5.15. The van der Waals surface area contributed by atoms with Crippen LogP contribution in [0.25, 0.3) is 0 Å². The van der Waals surface area contributed by atoms with Crippen LogP contribution in [0.2, 0.25) is 0 Å². The fraction of sp³-hybridized carbons (Fsp3) is 0.900. The van der Waals surface area contributed by atoms with Crippen molar-refractivity contribution in [2.24, 2.45) is 34.5 Å². The van der Waals surface area contributed by atoms with Crippen molar-refractivity contribution in [2.45, 2.75) is 78.1 Å². The van der Waals surface area contributed by atoms with Crippen LogP contribution in [0.4, 0.5) is 0 Å². The van der Waals surface area contributed by atoms with Crippen molar-refractivity contribution in [3.05, 3.63) is 12.2 Å². The molecule has 20 heavy (non-hydrogen) atoms. The molecule has 0 bridgehead atoms. The molecule has 0 aromatic carbocycles. The van der Waals surface area contributed by atoms with E-state index in [1.54, 1.807) is 12.8 Å². The molecule has 0 radical (unpaired) electrons. The number of rotatable bonds is 1. The maximum absolute atomic E-state index is 2.70. The third kappa shape index (κ3) is 1.66. The van der Waals surface area contributed by atoms with Crippen molar-refractivity contribution in [2.75, 3.05) is 0 Å². The Morgan fingerprint density at radius 3 is 2.75 bits per heavy atom. The fourth-order valence-electron chi connectivity index (χ4n) is 7.26. The van der Waals surface area contributed by atoms with Gasteiger partial charge in [0.15, 0.2) is 0 Å². The first-order valence-corrected chi connectivity index (χ1v) is 9.37. The molecule has 6 atom stereocenters. The van der Waals surface area contributed by atoms with E-state index in [0.29, 0.717) is 5.41 Å². The highest BCUT2D eigenvalue weighted by atomic mass is 14.6. The van der Waals surface area contributed by atoms with Crippen molar-refractivity contribution >= 4 is 0 Å². The van der Waals surface area contributed by atoms with Crippen molar-refractivity contribution in [1.29, 1.82) is 0 Å². The van der Waals surface area contributed by atoms with Gasteiger partial charge in [0.1, 0.15) is 0 Å². The van der Waals surface area contributed by atoms with Gasteiger partial charge in [-0.1, -0.05) is 32.4 Å². The maximum Gasteiger partial charge on any atom is -0.00615 e. The molecule has 0 saturated heterocycles. The lowest BCUT2D eigenvalue weighted by molar-refractivity contribution is -0.0777. The summed E-state index contributed by atoms with van der Waals surface area (Å²) in [5.41, 5.74) is 1.33. The standard InChI is InChI=1S/C20H32/c1-3-20-13-5-4-7-15(20)9-10-16-17-8-6-12-19(17,2)14-11-18(16)20/h5,13,15-18H,3-4,6-12,14H2,1-2H3/t15?,16-,17-,18-,19-,20-/m0/s1. The van der Waals surface area contributed by atoms with E-state index in [4.69, 9.17) is 0 Å². The molecule has 0 amide bonds. The van der Waals surface area contributed by atoms with E-state index in [-0.39, 0.29) is 0 Å². The van der Waals surface area contributed by atoms with Gasteiger partial charge in [0.05, 0.1) is 0 Å². The lowest BCUT2D eigenvalue weighted by Gasteiger charge is -2.59. The minimum atomic E-state index is 0.602. The first-order chi connectivity index (χ1) is 9.70. The smallest absolute Gasteiger partial charge is 0.00615 e. The Hall–Kier alpha value is -0.260. The molecule has 0 heteroatoms. The van der Waals surface area contributed by atoms with Crippen LogP contribution in [0.1, 0.15) is 78.1 Å². The van der Waals surface area contributed by atoms with Gasteiger partial charge < -0.3 is 0 Å². The highest BCUT2D eigenvalue weighted by Crippen LogP contribution is 2.66. The van der Waals surface area contributed by atoms with E-state index in [1.807, 2.05) is 0 Å². The first-order valence-electron chi connectivity index (χ1n) is 9.37. The molecule has 0 aromatic rings. The minimum Gasteiger partial charge on any atom is -0.0879 e. The third-order valence-electron chi connectivity index (χ3n) is 8.24. The van der Waals surface area contributed by atoms with Gasteiger partial charge >= 0.3 is 0 Å². The highest BCUT2D eigenvalue weighted by Gasteiger charge is 2.57. The second-order valence-corrected chi connectivity index (χ2v) is 8.68. The number of allylic oxidation sites excluding steroid dienone is 2. The molecule has 0 aromatic heterocycles. The normalized spacial score (nSPS) is 54.1. The molecule has 0 nitrogen and oxygen atoms in total. The molecule has 4 aliphatic rings. The van der Waals surface area contributed by atoms with Crippen molar-refractivity contribution in [3.8, 4) is 0 Å². The van der Waals surface area contributed by atoms with Gasteiger partial charge in [-0.3, -0.25) is 0 Å². The van der Waals surface area contributed by atoms with Crippen molar-refractivity contribution in [3.63, 3.8) is 0 Å². The van der Waals surface area contributed by atoms with E-state index in [0.717, 1.165) is 29.1 Å². The molecule has 0 aliphatic heterocycles. The van der Waals surface area contributed by atoms with Crippen LogP contribution >= 0.6 is 0 Å². The van der Waals surface area contributed by atoms with Crippen molar-refractivity contribution in [1.82, 2.24) is 0 Å². The monoisotopic (exact) mass is 272 g/mol. The summed E-state index contributed by atoms with van der Waals surface area (Å²) in [5, 5.41) is 0. The summed E-state index contributed by atoms with van der Waals surface area (Å²) < 4.78 is 0. The van der Waals surface area contributed by atoms with Gasteiger partial charge in [-0.25, -0.2) is 0 Å². The molecule has 0 N–H and O–H groups in total. The fourth-order valence-corrected chi connectivity index (χ4v) is 7.26. The van der Waals surface area contributed by atoms with E-state index in [1.165, 1.54) is 51.4 Å². The topological polar surface area (TPSA) is 0 Å². The Kier molecular flexibility index (Phi) is 3.09. The second-order valence-electron chi connectivity index (χ2n) is 8.68. The second kappa shape index (κ2) is 4.62. The third-order valence-corrected chi connectivity index (χ3v) is 8.24. The molecule has 3 saturated carbocycles. The Labute approximate surface area is 125 Å². The van der Waals surface area contributed by atoms with Gasteiger partial charge in [-0.05, 0) is 92.3 Å². The Morgan fingerprint density at radius 1 is 1.00 bits per heavy atom. The zero-order valence-corrected chi connectivity index (χ0v) is 13.5. The maximum atomic E-state index is 2.70. The van der Waals surface area contributed by atoms with E-state index in [9.17, 15) is 0 Å². The average molecular weight is 272 g/mol.